The van der Waals surface area contributed by atoms with Gasteiger partial charge in [0, 0.05) is 36.1 Å². The predicted octanol–water partition coefficient (Wildman–Crippen LogP) is 4.90. The normalized spacial score (nSPS) is 18.2. The van der Waals surface area contributed by atoms with Crippen molar-refractivity contribution in [1.82, 2.24) is 15.3 Å². The number of rotatable bonds is 8. The minimum atomic E-state index is -0.690. The fourth-order valence-corrected chi connectivity index (χ4v) is 4.20. The van der Waals surface area contributed by atoms with Gasteiger partial charge in [-0.25, -0.2) is 14.4 Å². The highest BCUT2D eigenvalue weighted by molar-refractivity contribution is 6.39. The van der Waals surface area contributed by atoms with Crippen LogP contribution in [0.25, 0.3) is 11.9 Å². The van der Waals surface area contributed by atoms with Crippen molar-refractivity contribution in [3.63, 3.8) is 0 Å². The highest BCUT2D eigenvalue weighted by Crippen LogP contribution is 2.44. The average Bonchev–Trinajstić information content (AvgIpc) is 3.21. The Morgan fingerprint density at radius 2 is 1.75 bits per heavy atom. The van der Waals surface area contributed by atoms with E-state index < -0.39 is 5.83 Å². The van der Waals surface area contributed by atoms with Gasteiger partial charge in [0.05, 0.1) is 29.8 Å². The van der Waals surface area contributed by atoms with E-state index in [1.807, 2.05) is 0 Å². The molecule has 1 aromatic heterocycles. The Balaban J connectivity index is 1.78. The molecule has 0 saturated heterocycles. The van der Waals surface area contributed by atoms with Crippen molar-refractivity contribution in [2.75, 3.05) is 19.5 Å². The van der Waals surface area contributed by atoms with Gasteiger partial charge in [0.2, 0.25) is 11.9 Å². The number of nitrogens with zero attached hydrogens (tertiary/aromatic N) is 2. The fraction of sp³-hybridized carbons (Fsp3) is 0.318. The molecule has 0 aliphatic heterocycles. The number of ether oxygens (including phenoxy) is 2. The maximum atomic E-state index is 15.1. The maximum Gasteiger partial charge on any atom is 0.243 e. The van der Waals surface area contributed by atoms with E-state index in [0.717, 1.165) is 19.3 Å². The Labute approximate surface area is 195 Å². The van der Waals surface area contributed by atoms with Crippen LogP contribution in [0.4, 0.5) is 10.3 Å². The van der Waals surface area contributed by atoms with Gasteiger partial charge < -0.3 is 20.1 Å². The Morgan fingerprint density at radius 3 is 2.31 bits per heavy atom. The second-order valence-electron chi connectivity index (χ2n) is 7.12. The number of anilines is 1. The predicted molar refractivity (Wildman–Crippen MR) is 124 cm³/mol. The van der Waals surface area contributed by atoms with Crippen molar-refractivity contribution in [1.29, 1.82) is 0 Å². The van der Waals surface area contributed by atoms with Crippen molar-refractivity contribution >= 4 is 47.0 Å². The summed E-state index contributed by atoms with van der Waals surface area (Å²) in [7, 11) is 2.83. The van der Waals surface area contributed by atoms with E-state index in [1.54, 1.807) is 0 Å². The van der Waals surface area contributed by atoms with Crippen molar-refractivity contribution < 1.29 is 18.7 Å². The molecule has 2 atom stereocenters. The molecular formula is C22H23Cl2FN4O3. The lowest BCUT2D eigenvalue weighted by atomic mass is 10.1. The Morgan fingerprint density at radius 1 is 1.16 bits per heavy atom. The highest BCUT2D eigenvalue weighted by Gasteiger charge is 2.28. The topological polar surface area (TPSA) is 85.4 Å². The van der Waals surface area contributed by atoms with Crippen LogP contribution in [0.1, 0.15) is 30.4 Å². The molecule has 1 aliphatic rings. The first kappa shape index (κ1) is 23.8. The molecular weight excluding hydrogens is 458 g/mol. The van der Waals surface area contributed by atoms with Gasteiger partial charge in [-0.3, -0.25) is 4.79 Å². The summed E-state index contributed by atoms with van der Waals surface area (Å²) in [6.45, 7) is 3.47. The van der Waals surface area contributed by atoms with E-state index in [-0.39, 0.29) is 45.1 Å². The first-order chi connectivity index (χ1) is 15.4. The molecule has 2 aromatic rings. The van der Waals surface area contributed by atoms with Crippen LogP contribution >= 0.6 is 23.2 Å². The molecule has 0 unspecified atom stereocenters. The lowest BCUT2D eigenvalue weighted by molar-refractivity contribution is -0.117. The molecule has 3 rings (SSSR count). The molecule has 2 N–H and O–H groups in total. The number of benzene rings is 1. The molecule has 7 nitrogen and oxygen atoms in total. The van der Waals surface area contributed by atoms with Gasteiger partial charge in [0.1, 0.15) is 17.3 Å². The second kappa shape index (κ2) is 10.7. The van der Waals surface area contributed by atoms with Crippen molar-refractivity contribution in [3.8, 4) is 11.5 Å². The fourth-order valence-electron chi connectivity index (χ4n) is 3.51. The van der Waals surface area contributed by atoms with Crippen LogP contribution in [-0.4, -0.2) is 42.2 Å². The number of amides is 1. The van der Waals surface area contributed by atoms with E-state index in [0.29, 0.717) is 11.5 Å². The number of hydrogen-bond acceptors (Lipinski definition) is 6. The summed E-state index contributed by atoms with van der Waals surface area (Å²) < 4.78 is 25.4. The average molecular weight is 481 g/mol. The SMILES string of the molecule is C=CC(=O)N[C@@H]1CCC[C@@H]1Nc1ncc(/C=C(\F)c2c(Cl)c(OC)cc(OC)c2Cl)cn1. The minimum absolute atomic E-state index is 0.00103. The summed E-state index contributed by atoms with van der Waals surface area (Å²) in [4.78, 5) is 20.1. The van der Waals surface area contributed by atoms with E-state index in [2.05, 4.69) is 27.2 Å². The van der Waals surface area contributed by atoms with Crippen LogP contribution in [0.3, 0.4) is 0 Å². The highest BCUT2D eigenvalue weighted by atomic mass is 35.5. The van der Waals surface area contributed by atoms with Crippen LogP contribution in [0.2, 0.25) is 10.0 Å². The summed E-state index contributed by atoms with van der Waals surface area (Å²) in [6.07, 6.45) is 8.11. The smallest absolute Gasteiger partial charge is 0.243 e. The lowest BCUT2D eigenvalue weighted by Gasteiger charge is -2.21. The zero-order chi connectivity index (χ0) is 23.3. The minimum Gasteiger partial charge on any atom is -0.495 e. The molecule has 32 heavy (non-hydrogen) atoms. The Bertz CT molecular complexity index is 1000. The largest absolute Gasteiger partial charge is 0.495 e. The molecule has 0 spiro atoms. The van der Waals surface area contributed by atoms with Crippen LogP contribution < -0.4 is 20.1 Å². The number of hydrogen-bond donors (Lipinski definition) is 2. The van der Waals surface area contributed by atoms with E-state index in [4.69, 9.17) is 32.7 Å². The van der Waals surface area contributed by atoms with Gasteiger partial charge in [0.25, 0.3) is 0 Å². The van der Waals surface area contributed by atoms with Crippen LogP contribution in [0.15, 0.2) is 31.1 Å². The first-order valence-electron chi connectivity index (χ1n) is 9.87. The number of carbonyl (C=O) groups is 1. The van der Waals surface area contributed by atoms with E-state index >= 15 is 4.39 Å². The standard InChI is InChI=1S/C22H23Cl2FN4O3/c1-4-18(30)28-14-6-5-7-15(14)29-22-26-10-12(11-27-22)8-13(25)19-20(23)16(31-2)9-17(32-3)21(19)24/h4,8-11,14-15H,1,5-7H2,2-3H3,(H,28,30)(H,26,27,29)/b13-8-/t14-,15+/m1/s1. The molecule has 0 bridgehead atoms. The van der Waals surface area contributed by atoms with Gasteiger partial charge in [-0.2, -0.15) is 0 Å². The summed E-state index contributed by atoms with van der Waals surface area (Å²) >= 11 is 12.5. The van der Waals surface area contributed by atoms with Gasteiger partial charge >= 0.3 is 0 Å². The molecule has 0 radical (unpaired) electrons. The second-order valence-corrected chi connectivity index (χ2v) is 7.87. The summed E-state index contributed by atoms with van der Waals surface area (Å²) in [5.74, 6) is -0.0585. The number of nitrogens with one attached hydrogen (secondary N) is 2. The molecule has 1 heterocycles. The van der Waals surface area contributed by atoms with Crippen LogP contribution in [-0.2, 0) is 4.79 Å². The number of aromatic nitrogens is 2. The number of methoxy groups -OCH3 is 2. The lowest BCUT2D eigenvalue weighted by Crippen LogP contribution is -2.42. The monoisotopic (exact) mass is 480 g/mol. The van der Waals surface area contributed by atoms with E-state index in [1.165, 1.54) is 44.8 Å². The molecule has 1 saturated carbocycles. The summed E-state index contributed by atoms with van der Waals surface area (Å²) in [5, 5.41) is 6.18. The van der Waals surface area contributed by atoms with Crippen LogP contribution in [0.5, 0.6) is 11.5 Å². The quantitative estimate of drug-likeness (QED) is 0.522. The zero-order valence-corrected chi connectivity index (χ0v) is 19.1. The summed E-state index contributed by atoms with van der Waals surface area (Å²) in [6, 6.07) is 1.45. The van der Waals surface area contributed by atoms with Crippen molar-refractivity contribution in [3.05, 3.63) is 52.3 Å². The Hall–Kier alpha value is -2.84. The van der Waals surface area contributed by atoms with Gasteiger partial charge in [0.15, 0.2) is 0 Å². The molecule has 1 aliphatic carbocycles. The van der Waals surface area contributed by atoms with Gasteiger partial charge in [-0.1, -0.05) is 29.8 Å². The van der Waals surface area contributed by atoms with Crippen LogP contribution in [0, 0.1) is 0 Å². The number of halogens is 3. The number of carbonyl (C=O) groups excluding carboxylic acids is 1. The van der Waals surface area contributed by atoms with E-state index in [9.17, 15) is 4.79 Å². The first-order valence-corrected chi connectivity index (χ1v) is 10.6. The van der Waals surface area contributed by atoms with Gasteiger partial charge in [-0.15, -0.1) is 0 Å². The zero-order valence-electron chi connectivity index (χ0n) is 17.6. The van der Waals surface area contributed by atoms with Gasteiger partial charge in [-0.05, 0) is 31.4 Å². The summed E-state index contributed by atoms with van der Waals surface area (Å²) in [5.41, 5.74) is 0.364. The third-order valence-corrected chi connectivity index (χ3v) is 5.87. The Kier molecular flexibility index (Phi) is 7.93. The molecule has 1 aromatic carbocycles. The molecule has 1 fully saturated rings. The van der Waals surface area contributed by atoms with Crippen molar-refractivity contribution in [2.24, 2.45) is 0 Å². The molecule has 10 heteroatoms. The molecule has 1 amide bonds. The third-order valence-electron chi connectivity index (χ3n) is 5.12. The molecule has 170 valence electrons. The van der Waals surface area contributed by atoms with Crippen molar-refractivity contribution in [2.45, 2.75) is 31.3 Å². The third kappa shape index (κ3) is 5.31. The maximum absolute atomic E-state index is 15.1.